The fourth-order valence-electron chi connectivity index (χ4n) is 2.68. The van der Waals surface area contributed by atoms with Crippen LogP contribution in [0.3, 0.4) is 0 Å². The van der Waals surface area contributed by atoms with Gasteiger partial charge in [0.05, 0.1) is 6.10 Å². The molecule has 0 spiro atoms. The van der Waals surface area contributed by atoms with Crippen molar-refractivity contribution in [1.82, 2.24) is 4.90 Å². The molecule has 1 aliphatic rings. The number of rotatable bonds is 5. The Hall–Kier alpha value is -0.0800. The number of aliphatic hydroxyl groups is 1. The van der Waals surface area contributed by atoms with Crippen LogP contribution in [-0.2, 0) is 0 Å². The van der Waals surface area contributed by atoms with Crippen molar-refractivity contribution in [2.75, 3.05) is 13.1 Å². The molecule has 2 heteroatoms. The maximum absolute atomic E-state index is 10.5. The predicted octanol–water partition coefficient (Wildman–Crippen LogP) is 2.66. The Kier molecular flexibility index (Phi) is 4.60. The van der Waals surface area contributed by atoms with Gasteiger partial charge >= 0.3 is 0 Å². The number of likely N-dealkylation sites (tertiary alicyclic amines) is 1. The van der Waals surface area contributed by atoms with Crippen LogP contribution in [0.15, 0.2) is 0 Å². The van der Waals surface area contributed by atoms with E-state index in [1.807, 2.05) is 0 Å². The van der Waals surface area contributed by atoms with Crippen LogP contribution in [0.4, 0.5) is 0 Å². The van der Waals surface area contributed by atoms with Crippen molar-refractivity contribution >= 4 is 0 Å². The van der Waals surface area contributed by atoms with Crippen molar-refractivity contribution in [3.8, 4) is 0 Å². The second-order valence-electron chi connectivity index (χ2n) is 5.24. The molecule has 0 aromatic rings. The third-order valence-electron chi connectivity index (χ3n) is 4.36. The van der Waals surface area contributed by atoms with Gasteiger partial charge in [0.2, 0.25) is 0 Å². The lowest BCUT2D eigenvalue weighted by Gasteiger charge is -2.44. The molecule has 0 bridgehead atoms. The first-order valence-electron chi connectivity index (χ1n) is 6.49. The minimum absolute atomic E-state index is 0.00801. The maximum Gasteiger partial charge on any atom is 0.0746 e. The van der Waals surface area contributed by atoms with Gasteiger partial charge in [-0.25, -0.2) is 0 Å². The standard InChI is InChI=1S/C13H27NO/c1-5-11(3)12(15)13(4,6-2)14-9-7-8-10-14/h11-12,15H,5-10H2,1-4H3. The van der Waals surface area contributed by atoms with E-state index in [4.69, 9.17) is 0 Å². The molecule has 0 aliphatic carbocycles. The maximum atomic E-state index is 10.5. The van der Waals surface area contributed by atoms with Crippen LogP contribution in [0.5, 0.6) is 0 Å². The smallest absolute Gasteiger partial charge is 0.0746 e. The van der Waals surface area contributed by atoms with E-state index >= 15 is 0 Å². The van der Waals surface area contributed by atoms with Crippen LogP contribution in [0.25, 0.3) is 0 Å². The molecular weight excluding hydrogens is 186 g/mol. The summed E-state index contributed by atoms with van der Waals surface area (Å²) in [5, 5.41) is 10.5. The normalized spacial score (nSPS) is 26.2. The van der Waals surface area contributed by atoms with E-state index in [2.05, 4.69) is 32.6 Å². The molecule has 3 atom stereocenters. The molecule has 15 heavy (non-hydrogen) atoms. The molecule has 0 saturated carbocycles. The van der Waals surface area contributed by atoms with Crippen molar-refractivity contribution in [1.29, 1.82) is 0 Å². The molecular formula is C13H27NO. The topological polar surface area (TPSA) is 23.5 Å². The molecule has 2 nitrogen and oxygen atoms in total. The van der Waals surface area contributed by atoms with Crippen LogP contribution in [0, 0.1) is 5.92 Å². The van der Waals surface area contributed by atoms with Crippen molar-refractivity contribution in [2.45, 2.75) is 65.0 Å². The lowest BCUT2D eigenvalue weighted by molar-refractivity contribution is -0.0421. The van der Waals surface area contributed by atoms with Crippen molar-refractivity contribution < 1.29 is 5.11 Å². The highest BCUT2D eigenvalue weighted by molar-refractivity contribution is 4.95. The van der Waals surface area contributed by atoms with Gasteiger partial charge in [-0.1, -0.05) is 27.2 Å². The number of aliphatic hydroxyl groups excluding tert-OH is 1. The number of hydrogen-bond donors (Lipinski definition) is 1. The summed E-state index contributed by atoms with van der Waals surface area (Å²) in [6.07, 6.45) is 4.50. The molecule has 1 heterocycles. The van der Waals surface area contributed by atoms with Gasteiger partial charge in [0.25, 0.3) is 0 Å². The molecule has 1 N–H and O–H groups in total. The Balaban J connectivity index is 2.73. The number of nitrogens with zero attached hydrogens (tertiary/aromatic N) is 1. The van der Waals surface area contributed by atoms with Gasteiger partial charge in [0.15, 0.2) is 0 Å². The molecule has 1 rings (SSSR count). The Morgan fingerprint density at radius 2 is 1.80 bits per heavy atom. The third-order valence-corrected chi connectivity index (χ3v) is 4.36. The second-order valence-corrected chi connectivity index (χ2v) is 5.24. The van der Waals surface area contributed by atoms with Gasteiger partial charge in [-0.3, -0.25) is 4.90 Å². The summed E-state index contributed by atoms with van der Waals surface area (Å²) in [7, 11) is 0. The van der Waals surface area contributed by atoms with Crippen LogP contribution >= 0.6 is 0 Å². The molecule has 1 fully saturated rings. The highest BCUT2D eigenvalue weighted by atomic mass is 16.3. The summed E-state index contributed by atoms with van der Waals surface area (Å²) in [6.45, 7) is 11.1. The Morgan fingerprint density at radius 1 is 1.27 bits per heavy atom. The van der Waals surface area contributed by atoms with Crippen molar-refractivity contribution in [3.63, 3.8) is 0 Å². The zero-order valence-electron chi connectivity index (χ0n) is 10.8. The van der Waals surface area contributed by atoms with Crippen molar-refractivity contribution in [3.05, 3.63) is 0 Å². The fraction of sp³-hybridized carbons (Fsp3) is 1.00. The molecule has 1 aliphatic heterocycles. The Bertz CT molecular complexity index is 189. The first-order chi connectivity index (χ1) is 7.06. The van der Waals surface area contributed by atoms with E-state index in [-0.39, 0.29) is 11.6 Å². The Morgan fingerprint density at radius 3 is 2.20 bits per heavy atom. The largest absolute Gasteiger partial charge is 0.391 e. The second kappa shape index (κ2) is 5.31. The van der Waals surface area contributed by atoms with Gasteiger partial charge < -0.3 is 5.11 Å². The summed E-state index contributed by atoms with van der Waals surface area (Å²) < 4.78 is 0. The summed E-state index contributed by atoms with van der Waals surface area (Å²) in [6, 6.07) is 0. The average molecular weight is 213 g/mol. The van der Waals surface area contributed by atoms with E-state index in [1.165, 1.54) is 12.8 Å². The molecule has 0 aromatic heterocycles. The van der Waals surface area contributed by atoms with Gasteiger partial charge in [-0.2, -0.15) is 0 Å². The summed E-state index contributed by atoms with van der Waals surface area (Å²) in [5.41, 5.74) is -0.00801. The molecule has 3 unspecified atom stereocenters. The van der Waals surface area contributed by atoms with E-state index < -0.39 is 0 Å². The lowest BCUT2D eigenvalue weighted by atomic mass is 9.82. The van der Waals surface area contributed by atoms with Crippen molar-refractivity contribution in [2.24, 2.45) is 5.92 Å². The summed E-state index contributed by atoms with van der Waals surface area (Å²) >= 11 is 0. The van der Waals surface area contributed by atoms with Gasteiger partial charge in [0.1, 0.15) is 0 Å². The highest BCUT2D eigenvalue weighted by Crippen LogP contribution is 2.32. The van der Waals surface area contributed by atoms with E-state index in [9.17, 15) is 5.11 Å². The van der Waals surface area contributed by atoms with E-state index in [0.29, 0.717) is 5.92 Å². The van der Waals surface area contributed by atoms with Gasteiger partial charge in [0, 0.05) is 5.54 Å². The lowest BCUT2D eigenvalue weighted by Crippen LogP contribution is -2.55. The van der Waals surface area contributed by atoms with Crippen LogP contribution in [0.1, 0.15) is 53.4 Å². The highest BCUT2D eigenvalue weighted by Gasteiger charge is 2.40. The Labute approximate surface area is 94.7 Å². The predicted molar refractivity (Wildman–Crippen MR) is 65.0 cm³/mol. The molecule has 0 radical (unpaired) electrons. The van der Waals surface area contributed by atoms with Crippen LogP contribution in [0.2, 0.25) is 0 Å². The molecule has 0 aromatic carbocycles. The minimum atomic E-state index is -0.189. The number of hydrogen-bond acceptors (Lipinski definition) is 2. The van der Waals surface area contributed by atoms with Gasteiger partial charge in [-0.15, -0.1) is 0 Å². The minimum Gasteiger partial charge on any atom is -0.391 e. The SMILES string of the molecule is CCC(C)C(O)C(C)(CC)N1CCCC1. The first-order valence-corrected chi connectivity index (χ1v) is 6.49. The molecule has 1 saturated heterocycles. The van der Waals surface area contributed by atoms with Crippen LogP contribution < -0.4 is 0 Å². The zero-order valence-corrected chi connectivity index (χ0v) is 10.8. The molecule has 0 amide bonds. The van der Waals surface area contributed by atoms with Crippen LogP contribution in [-0.4, -0.2) is 34.7 Å². The molecule has 90 valence electrons. The first kappa shape index (κ1) is 13.0. The van der Waals surface area contributed by atoms with Gasteiger partial charge in [-0.05, 0) is 45.2 Å². The summed E-state index contributed by atoms with van der Waals surface area (Å²) in [4.78, 5) is 2.49. The van der Waals surface area contributed by atoms with E-state index in [0.717, 1.165) is 25.9 Å². The third kappa shape index (κ3) is 2.54. The summed E-state index contributed by atoms with van der Waals surface area (Å²) in [5.74, 6) is 0.399. The fourth-order valence-corrected chi connectivity index (χ4v) is 2.68. The van der Waals surface area contributed by atoms with E-state index in [1.54, 1.807) is 0 Å². The average Bonchev–Trinajstić information content (AvgIpc) is 2.79. The monoisotopic (exact) mass is 213 g/mol. The quantitative estimate of drug-likeness (QED) is 0.759. The zero-order chi connectivity index (χ0) is 11.5.